The van der Waals surface area contributed by atoms with Gasteiger partial charge in [0.15, 0.2) is 6.61 Å². The molecule has 5 nitrogen and oxygen atoms in total. The number of ether oxygens (including phenoxy) is 1. The average molecular weight is 373 g/mol. The smallest absolute Gasteiger partial charge is 0.258 e. The molecule has 0 heterocycles. The minimum Gasteiger partial charge on any atom is -0.484 e. The zero-order valence-corrected chi connectivity index (χ0v) is 16.7. The molecular weight excluding hydrogens is 340 g/mol. The van der Waals surface area contributed by atoms with Crippen LogP contribution in [0.5, 0.6) is 5.75 Å². The first-order valence-corrected chi connectivity index (χ1v) is 10.2. The van der Waals surface area contributed by atoms with Crippen LogP contribution in [-0.4, -0.2) is 24.5 Å². The standard InChI is InChI=1S/C22H32N2O3/c1-22(2,3)18-9-4-5-10-19(18)24-20(25)14-27-17-8-6-7-16(13-17)23-21(26)15-11-12-15/h6-8,13,15,18-19H,4-5,9-12,14H2,1-3H3,(H,23,26)(H,24,25). The molecule has 2 unspecified atom stereocenters. The quantitative estimate of drug-likeness (QED) is 0.789. The predicted octanol–water partition coefficient (Wildman–Crippen LogP) is 4.14. The first-order chi connectivity index (χ1) is 12.8. The third-order valence-corrected chi connectivity index (χ3v) is 5.64. The zero-order valence-electron chi connectivity index (χ0n) is 16.7. The van der Waals surface area contributed by atoms with Crippen molar-refractivity contribution in [3.63, 3.8) is 0 Å². The number of nitrogens with one attached hydrogen (secondary N) is 2. The number of rotatable bonds is 6. The summed E-state index contributed by atoms with van der Waals surface area (Å²) < 4.78 is 5.67. The Kier molecular flexibility index (Phi) is 6.08. The van der Waals surface area contributed by atoms with Crippen molar-refractivity contribution in [1.82, 2.24) is 5.32 Å². The number of amides is 2. The molecule has 27 heavy (non-hydrogen) atoms. The summed E-state index contributed by atoms with van der Waals surface area (Å²) in [5.41, 5.74) is 0.901. The molecule has 2 fully saturated rings. The average Bonchev–Trinajstić information content (AvgIpc) is 3.45. The molecule has 5 heteroatoms. The van der Waals surface area contributed by atoms with Crippen LogP contribution < -0.4 is 15.4 Å². The summed E-state index contributed by atoms with van der Waals surface area (Å²) in [7, 11) is 0. The number of benzene rings is 1. The van der Waals surface area contributed by atoms with Gasteiger partial charge in [-0.15, -0.1) is 0 Å². The largest absolute Gasteiger partial charge is 0.484 e. The number of hydrogen-bond donors (Lipinski definition) is 2. The fraction of sp³-hybridized carbons (Fsp3) is 0.636. The van der Waals surface area contributed by atoms with Crippen molar-refractivity contribution >= 4 is 17.5 Å². The lowest BCUT2D eigenvalue weighted by molar-refractivity contribution is -0.124. The topological polar surface area (TPSA) is 67.4 Å². The van der Waals surface area contributed by atoms with Crippen LogP contribution >= 0.6 is 0 Å². The molecular formula is C22H32N2O3. The van der Waals surface area contributed by atoms with E-state index in [4.69, 9.17) is 4.74 Å². The zero-order chi connectivity index (χ0) is 19.4. The van der Waals surface area contributed by atoms with Gasteiger partial charge in [-0.25, -0.2) is 0 Å². The maximum absolute atomic E-state index is 12.4. The van der Waals surface area contributed by atoms with E-state index < -0.39 is 0 Å². The molecule has 3 rings (SSSR count). The minimum atomic E-state index is -0.0800. The van der Waals surface area contributed by atoms with Crippen LogP contribution in [-0.2, 0) is 9.59 Å². The monoisotopic (exact) mass is 372 g/mol. The van der Waals surface area contributed by atoms with E-state index in [-0.39, 0.29) is 35.8 Å². The van der Waals surface area contributed by atoms with Gasteiger partial charge in [0.2, 0.25) is 5.91 Å². The van der Waals surface area contributed by atoms with Gasteiger partial charge >= 0.3 is 0 Å². The lowest BCUT2D eigenvalue weighted by atomic mass is 9.69. The Morgan fingerprint density at radius 2 is 1.85 bits per heavy atom. The molecule has 148 valence electrons. The molecule has 2 saturated carbocycles. The lowest BCUT2D eigenvalue weighted by Crippen LogP contribution is -2.48. The molecule has 0 bridgehead atoms. The number of carbonyl (C=O) groups is 2. The van der Waals surface area contributed by atoms with E-state index in [9.17, 15) is 9.59 Å². The van der Waals surface area contributed by atoms with Crippen LogP contribution in [0.2, 0.25) is 0 Å². The van der Waals surface area contributed by atoms with Crippen molar-refractivity contribution in [3.8, 4) is 5.75 Å². The fourth-order valence-electron chi connectivity index (χ4n) is 3.99. The maximum Gasteiger partial charge on any atom is 0.258 e. The van der Waals surface area contributed by atoms with Crippen molar-refractivity contribution in [2.75, 3.05) is 11.9 Å². The van der Waals surface area contributed by atoms with Gasteiger partial charge in [0.25, 0.3) is 5.91 Å². The van der Waals surface area contributed by atoms with E-state index in [2.05, 4.69) is 31.4 Å². The van der Waals surface area contributed by atoms with Crippen LogP contribution in [0.3, 0.4) is 0 Å². The van der Waals surface area contributed by atoms with Gasteiger partial charge in [-0.2, -0.15) is 0 Å². The summed E-state index contributed by atoms with van der Waals surface area (Å²) in [6.45, 7) is 6.74. The minimum absolute atomic E-state index is 0.00656. The summed E-state index contributed by atoms with van der Waals surface area (Å²) in [5.74, 6) is 1.23. The third kappa shape index (κ3) is 5.72. The van der Waals surface area contributed by atoms with Gasteiger partial charge in [0, 0.05) is 23.7 Å². The molecule has 1 aromatic carbocycles. The molecule has 2 amide bonds. The van der Waals surface area contributed by atoms with Crippen LogP contribution in [0.1, 0.15) is 59.3 Å². The molecule has 2 atom stereocenters. The van der Waals surface area contributed by atoms with E-state index >= 15 is 0 Å². The van der Waals surface area contributed by atoms with Gasteiger partial charge < -0.3 is 15.4 Å². The Bertz CT molecular complexity index is 676. The molecule has 2 N–H and O–H groups in total. The highest BCUT2D eigenvalue weighted by Gasteiger charge is 2.35. The van der Waals surface area contributed by atoms with Crippen molar-refractivity contribution in [2.45, 2.75) is 65.3 Å². The van der Waals surface area contributed by atoms with Crippen LogP contribution in [0.15, 0.2) is 24.3 Å². The van der Waals surface area contributed by atoms with E-state index in [1.165, 1.54) is 12.8 Å². The molecule has 2 aliphatic rings. The van der Waals surface area contributed by atoms with Crippen LogP contribution in [0, 0.1) is 17.3 Å². The Balaban J connectivity index is 1.50. The van der Waals surface area contributed by atoms with Gasteiger partial charge in [-0.1, -0.05) is 39.7 Å². The van der Waals surface area contributed by atoms with E-state index in [1.54, 1.807) is 12.1 Å². The van der Waals surface area contributed by atoms with E-state index in [0.717, 1.165) is 25.7 Å². The predicted molar refractivity (Wildman–Crippen MR) is 107 cm³/mol. The molecule has 0 aromatic heterocycles. The number of hydrogen-bond acceptors (Lipinski definition) is 3. The second-order valence-electron chi connectivity index (χ2n) is 9.01. The molecule has 0 saturated heterocycles. The Morgan fingerprint density at radius 3 is 2.56 bits per heavy atom. The normalized spacial score (nSPS) is 22.8. The third-order valence-electron chi connectivity index (χ3n) is 5.64. The van der Waals surface area contributed by atoms with Crippen molar-refractivity contribution in [1.29, 1.82) is 0 Å². The van der Waals surface area contributed by atoms with Gasteiger partial charge in [-0.05, 0) is 49.1 Å². The van der Waals surface area contributed by atoms with Crippen LogP contribution in [0.25, 0.3) is 0 Å². The Labute approximate surface area is 162 Å². The molecule has 0 aliphatic heterocycles. The summed E-state index contributed by atoms with van der Waals surface area (Å²) >= 11 is 0. The van der Waals surface area contributed by atoms with E-state index in [1.807, 2.05) is 12.1 Å². The maximum atomic E-state index is 12.4. The van der Waals surface area contributed by atoms with Crippen LogP contribution in [0.4, 0.5) is 5.69 Å². The molecule has 1 aromatic rings. The second kappa shape index (κ2) is 8.32. The summed E-state index contributed by atoms with van der Waals surface area (Å²) in [5, 5.41) is 6.08. The lowest BCUT2D eigenvalue weighted by Gasteiger charge is -2.40. The summed E-state index contributed by atoms with van der Waals surface area (Å²) in [6.07, 6.45) is 6.55. The highest BCUT2D eigenvalue weighted by Crippen LogP contribution is 2.38. The highest BCUT2D eigenvalue weighted by atomic mass is 16.5. The fourth-order valence-corrected chi connectivity index (χ4v) is 3.99. The number of anilines is 1. The molecule has 0 radical (unpaired) electrons. The number of carbonyl (C=O) groups excluding carboxylic acids is 2. The Hall–Kier alpha value is -2.04. The highest BCUT2D eigenvalue weighted by molar-refractivity contribution is 5.94. The van der Waals surface area contributed by atoms with Gasteiger partial charge in [-0.3, -0.25) is 9.59 Å². The molecule has 0 spiro atoms. The summed E-state index contributed by atoms with van der Waals surface area (Å²) in [6, 6.07) is 7.46. The van der Waals surface area contributed by atoms with Crippen molar-refractivity contribution < 1.29 is 14.3 Å². The van der Waals surface area contributed by atoms with Gasteiger partial charge in [0.05, 0.1) is 0 Å². The Morgan fingerprint density at radius 1 is 1.11 bits per heavy atom. The summed E-state index contributed by atoms with van der Waals surface area (Å²) in [4.78, 5) is 24.3. The first kappa shape index (κ1) is 19.7. The second-order valence-corrected chi connectivity index (χ2v) is 9.01. The van der Waals surface area contributed by atoms with Gasteiger partial charge in [0.1, 0.15) is 5.75 Å². The first-order valence-electron chi connectivity index (χ1n) is 10.2. The SMILES string of the molecule is CC(C)(C)C1CCCCC1NC(=O)COc1cccc(NC(=O)C2CC2)c1. The van der Waals surface area contributed by atoms with Crippen molar-refractivity contribution in [3.05, 3.63) is 24.3 Å². The van der Waals surface area contributed by atoms with E-state index in [0.29, 0.717) is 17.4 Å². The van der Waals surface area contributed by atoms with Crippen molar-refractivity contribution in [2.24, 2.45) is 17.3 Å². The molecule has 2 aliphatic carbocycles.